The molecule has 1 aromatic rings. The topological polar surface area (TPSA) is 140 Å². The fourth-order valence-corrected chi connectivity index (χ4v) is 3.63. The summed E-state index contributed by atoms with van der Waals surface area (Å²) in [5, 5.41) is 43.5. The highest BCUT2D eigenvalue weighted by Gasteiger charge is 2.38. The van der Waals surface area contributed by atoms with Crippen LogP contribution < -0.4 is 5.32 Å². The molecule has 5 N–H and O–H groups in total. The van der Waals surface area contributed by atoms with Gasteiger partial charge >= 0.3 is 0 Å². The fourth-order valence-electron chi connectivity index (χ4n) is 3.63. The molecule has 0 radical (unpaired) electrons. The van der Waals surface area contributed by atoms with Crippen LogP contribution in [-0.2, 0) is 20.9 Å². The Balaban J connectivity index is 2.09. The molecule has 1 aliphatic rings. The summed E-state index contributed by atoms with van der Waals surface area (Å²) in [6, 6.07) is 8.36. The first-order valence-corrected chi connectivity index (χ1v) is 10.9. The predicted molar refractivity (Wildman–Crippen MR) is 122 cm³/mol. The van der Waals surface area contributed by atoms with Crippen LogP contribution in [0.1, 0.15) is 25.3 Å². The van der Waals surface area contributed by atoms with Gasteiger partial charge in [0, 0.05) is 20.2 Å². The van der Waals surface area contributed by atoms with Gasteiger partial charge in [-0.1, -0.05) is 54.6 Å². The number of aliphatic hydroxyl groups excluding tert-OH is 4. The lowest BCUT2D eigenvalue weighted by molar-refractivity contribution is -0.151. The second-order valence-electron chi connectivity index (χ2n) is 8.33. The third-order valence-electron chi connectivity index (χ3n) is 5.46. The molecule has 0 spiro atoms. The number of aliphatic hydroxyl groups is 4. The van der Waals surface area contributed by atoms with E-state index in [4.69, 9.17) is 4.74 Å². The van der Waals surface area contributed by atoms with E-state index in [1.807, 2.05) is 30.3 Å². The molecule has 1 aliphatic heterocycles. The Bertz CT molecular complexity index is 829. The maximum atomic E-state index is 13.1. The number of carbonyl (C=O) groups excluding carboxylic acids is 2. The number of hydrogen-bond acceptors (Lipinski definition) is 7. The molecule has 9 heteroatoms. The Hall–Kier alpha value is -2.56. The van der Waals surface area contributed by atoms with Gasteiger partial charge in [0.05, 0.1) is 6.10 Å². The molecular weight excluding hydrogens is 428 g/mol. The van der Waals surface area contributed by atoms with E-state index in [9.17, 15) is 30.0 Å². The average Bonchev–Trinajstić information content (AvgIpc) is 2.91. The highest BCUT2D eigenvalue weighted by molar-refractivity contribution is 5.90. The van der Waals surface area contributed by atoms with Crippen molar-refractivity contribution in [2.24, 2.45) is 0 Å². The summed E-state index contributed by atoms with van der Waals surface area (Å²) in [6.45, 7) is 5.75. The van der Waals surface area contributed by atoms with Gasteiger partial charge in [-0.15, -0.1) is 0 Å². The average molecular weight is 463 g/mol. The third kappa shape index (κ3) is 7.76. The van der Waals surface area contributed by atoms with Gasteiger partial charge in [0.25, 0.3) is 5.91 Å². The number of β-amino-alcohol motifs (C(OH)–C–C–N with tert-alkyl or cyclic N) is 1. The molecule has 2 amide bonds. The van der Waals surface area contributed by atoms with Gasteiger partial charge in [-0.2, -0.15) is 0 Å². The van der Waals surface area contributed by atoms with Crippen LogP contribution >= 0.6 is 0 Å². The molecule has 9 nitrogen and oxygen atoms in total. The summed E-state index contributed by atoms with van der Waals surface area (Å²) in [7, 11) is 1.18. The van der Waals surface area contributed by atoms with Crippen LogP contribution in [0.3, 0.4) is 0 Å². The molecule has 33 heavy (non-hydrogen) atoms. The molecular formula is C24H34N2O7. The monoisotopic (exact) mass is 462 g/mol. The Morgan fingerprint density at radius 3 is 2.52 bits per heavy atom. The molecule has 2 rings (SSSR count). The molecule has 1 fully saturated rings. The Kier molecular flexibility index (Phi) is 10.2. The van der Waals surface area contributed by atoms with Gasteiger partial charge < -0.3 is 35.4 Å². The number of methoxy groups -OCH3 is 1. The lowest BCUT2D eigenvalue weighted by Crippen LogP contribution is -2.55. The minimum absolute atomic E-state index is 0.135. The summed E-state index contributed by atoms with van der Waals surface area (Å²) in [5.41, 5.74) is 1.51. The van der Waals surface area contributed by atoms with Crippen LogP contribution in [0.5, 0.6) is 0 Å². The van der Waals surface area contributed by atoms with E-state index in [1.165, 1.54) is 24.2 Å². The minimum Gasteiger partial charge on any atom is -0.391 e. The smallest absolute Gasteiger partial charge is 0.252 e. The Labute approximate surface area is 194 Å². The molecule has 1 saturated heterocycles. The number of hydrogen-bond donors (Lipinski definition) is 5. The molecule has 0 saturated carbocycles. The number of amides is 2. The number of benzene rings is 1. The maximum absolute atomic E-state index is 13.1. The number of rotatable bonds is 10. The number of allylic oxidation sites excluding steroid dienone is 2. The molecule has 1 heterocycles. The molecule has 1 aromatic carbocycles. The van der Waals surface area contributed by atoms with Crippen molar-refractivity contribution in [1.82, 2.24) is 10.2 Å². The van der Waals surface area contributed by atoms with Crippen LogP contribution in [0.2, 0.25) is 0 Å². The van der Waals surface area contributed by atoms with E-state index in [0.29, 0.717) is 12.0 Å². The van der Waals surface area contributed by atoms with Gasteiger partial charge in [-0.3, -0.25) is 9.59 Å². The lowest BCUT2D eigenvalue weighted by atomic mass is 10.0. The van der Waals surface area contributed by atoms with Gasteiger partial charge in [-0.25, -0.2) is 0 Å². The van der Waals surface area contributed by atoms with Crippen LogP contribution in [-0.4, -0.2) is 87.4 Å². The van der Waals surface area contributed by atoms with Gasteiger partial charge in [-0.05, 0) is 25.3 Å². The molecule has 0 aliphatic carbocycles. The Morgan fingerprint density at radius 1 is 1.24 bits per heavy atom. The second kappa shape index (κ2) is 12.6. The number of carbonyl (C=O) groups is 2. The van der Waals surface area contributed by atoms with Crippen LogP contribution in [0.4, 0.5) is 0 Å². The number of ether oxygens (including phenoxy) is 1. The first-order valence-electron chi connectivity index (χ1n) is 10.9. The SMILES string of the molecule is C=C(C)/C=C/[C@@H](O)[C@H](O)[C@@H](O)[C@@H](OC)C(=O)N[C@H]1CC[C@H](O)CN(Cc2ccccc2)C1=O. The van der Waals surface area contributed by atoms with Crippen LogP contribution in [0.15, 0.2) is 54.6 Å². The van der Waals surface area contributed by atoms with Crippen molar-refractivity contribution in [3.63, 3.8) is 0 Å². The molecule has 0 aromatic heterocycles. The number of likely N-dealkylation sites (tertiary alicyclic amines) is 1. The van der Waals surface area contributed by atoms with Crippen molar-refractivity contribution < 1.29 is 34.8 Å². The normalized spacial score (nSPS) is 23.0. The van der Waals surface area contributed by atoms with Crippen molar-refractivity contribution in [3.8, 4) is 0 Å². The van der Waals surface area contributed by atoms with Crippen molar-refractivity contribution in [2.75, 3.05) is 13.7 Å². The summed E-state index contributed by atoms with van der Waals surface area (Å²) < 4.78 is 5.07. The van der Waals surface area contributed by atoms with Gasteiger partial charge in [0.1, 0.15) is 24.4 Å². The van der Waals surface area contributed by atoms with Crippen LogP contribution in [0.25, 0.3) is 0 Å². The maximum Gasteiger partial charge on any atom is 0.252 e. The zero-order valence-corrected chi connectivity index (χ0v) is 19.0. The van der Waals surface area contributed by atoms with E-state index in [-0.39, 0.29) is 25.4 Å². The van der Waals surface area contributed by atoms with E-state index in [1.54, 1.807) is 6.92 Å². The van der Waals surface area contributed by atoms with Crippen molar-refractivity contribution >= 4 is 11.8 Å². The highest BCUT2D eigenvalue weighted by atomic mass is 16.5. The van der Waals surface area contributed by atoms with Crippen molar-refractivity contribution in [2.45, 2.75) is 62.9 Å². The molecule has 6 atom stereocenters. The molecule has 0 unspecified atom stereocenters. The zero-order valence-electron chi connectivity index (χ0n) is 19.0. The predicted octanol–water partition coefficient (Wildman–Crippen LogP) is -0.115. The summed E-state index contributed by atoms with van der Waals surface area (Å²) in [6.07, 6.45) is -3.97. The quantitative estimate of drug-likeness (QED) is 0.306. The third-order valence-corrected chi connectivity index (χ3v) is 5.46. The zero-order chi connectivity index (χ0) is 24.5. The van der Waals surface area contributed by atoms with Crippen LogP contribution in [0, 0.1) is 0 Å². The Morgan fingerprint density at radius 2 is 1.91 bits per heavy atom. The van der Waals surface area contributed by atoms with E-state index in [2.05, 4.69) is 11.9 Å². The summed E-state index contributed by atoms with van der Waals surface area (Å²) >= 11 is 0. The second-order valence-corrected chi connectivity index (χ2v) is 8.33. The van der Waals surface area contributed by atoms with Crippen molar-refractivity contribution in [1.29, 1.82) is 0 Å². The van der Waals surface area contributed by atoms with Gasteiger partial charge in [0.15, 0.2) is 6.10 Å². The number of nitrogens with zero attached hydrogens (tertiary/aromatic N) is 1. The van der Waals surface area contributed by atoms with E-state index in [0.717, 1.165) is 5.56 Å². The largest absolute Gasteiger partial charge is 0.391 e. The van der Waals surface area contributed by atoms with E-state index < -0.39 is 42.5 Å². The highest BCUT2D eigenvalue weighted by Crippen LogP contribution is 2.17. The lowest BCUT2D eigenvalue weighted by Gasteiger charge is -2.29. The van der Waals surface area contributed by atoms with Gasteiger partial charge in [0.2, 0.25) is 5.91 Å². The number of nitrogens with one attached hydrogen (secondary N) is 1. The van der Waals surface area contributed by atoms with E-state index >= 15 is 0 Å². The molecule has 0 bridgehead atoms. The first-order chi connectivity index (χ1) is 15.6. The fraction of sp³-hybridized carbons (Fsp3) is 0.500. The summed E-state index contributed by atoms with van der Waals surface area (Å²) in [5.74, 6) is -1.17. The van der Waals surface area contributed by atoms with Crippen molar-refractivity contribution in [3.05, 3.63) is 60.2 Å². The minimum atomic E-state index is -1.76. The summed E-state index contributed by atoms with van der Waals surface area (Å²) in [4.78, 5) is 27.4. The first kappa shape index (κ1) is 26.7. The standard InChI is InChI=1S/C24H34N2O7/c1-15(2)9-12-19(28)20(29)21(30)22(33-3)23(31)25-18-11-10-17(27)14-26(24(18)32)13-16-7-5-4-6-8-16/h4-9,12,17-22,27-30H,1,10-11,13-14H2,2-3H3,(H,25,31)/b12-9+/t17-,18-,19+,20-,21+,22+/m0/s1. The molecule has 182 valence electrons.